The maximum atomic E-state index is 8.74. The van der Waals surface area contributed by atoms with Gasteiger partial charge < -0.3 is 0 Å². The van der Waals surface area contributed by atoms with E-state index in [1.807, 2.05) is 0 Å². The fourth-order valence-corrected chi connectivity index (χ4v) is 0. The van der Waals surface area contributed by atoms with E-state index < -0.39 is 10.4 Å². The third-order valence-electron chi connectivity index (χ3n) is 0. The van der Waals surface area contributed by atoms with Crippen molar-refractivity contribution in [2.75, 3.05) is 0 Å². The molecule has 0 aliphatic heterocycles. The van der Waals surface area contributed by atoms with Crippen LogP contribution in [0.25, 0.3) is 0 Å². The van der Waals surface area contributed by atoms with E-state index in [0.29, 0.717) is 0 Å². The van der Waals surface area contributed by atoms with Crippen molar-refractivity contribution < 1.29 is 22.9 Å². The Labute approximate surface area is 72.9 Å². The monoisotopic (exact) mass is 169 g/mol. The second-order valence-electron chi connectivity index (χ2n) is 0.531. The van der Waals surface area contributed by atoms with Crippen LogP contribution in [0, 0.1) is 10.1 Å². The molecule has 0 saturated carbocycles. The van der Waals surface area contributed by atoms with Gasteiger partial charge >= 0.3 is 40.0 Å². The van der Waals surface area contributed by atoms with Gasteiger partial charge in [0.05, 0.1) is 0 Å². The summed E-state index contributed by atoms with van der Waals surface area (Å²) in [7, 11) is -4.67. The first-order valence-electron chi connectivity index (χ1n) is 1.11. The Morgan fingerprint density at radius 3 is 1.33 bits per heavy atom. The summed E-state index contributed by atoms with van der Waals surface area (Å²) in [5.41, 5.74) is 0. The van der Waals surface area contributed by atoms with Crippen LogP contribution in [0.4, 0.5) is 0 Å². The summed E-state index contributed by atoms with van der Waals surface area (Å²) in [6.07, 6.45) is 0. The molecule has 9 heteroatoms. The van der Waals surface area contributed by atoms with Gasteiger partial charge in [0.1, 0.15) is 0 Å². The Hall–Kier alpha value is 0.270. The summed E-state index contributed by atoms with van der Waals surface area (Å²) in [5, 5.41) is 8.38. The fraction of sp³-hybridized carbons (Fsp3) is 0. The number of nitrogens with one attached hydrogen (secondary N) is 1. The van der Waals surface area contributed by atoms with Crippen molar-refractivity contribution in [3.05, 3.63) is 10.1 Å². The minimum absolute atomic E-state index is 0. The van der Waals surface area contributed by atoms with Crippen LogP contribution in [0.2, 0.25) is 0 Å². The predicted octanol–water partition coefficient (Wildman–Crippen LogP) is -2.97. The van der Waals surface area contributed by atoms with Crippen molar-refractivity contribution >= 4 is 40.0 Å². The molecule has 0 bridgehead atoms. The number of rotatable bonds is 0. The molecule has 0 spiro atoms. The van der Waals surface area contributed by atoms with Gasteiger partial charge in [-0.1, -0.05) is 0 Å². The Bertz CT molecular complexity index is 127. The Morgan fingerprint density at radius 2 is 1.33 bits per heavy atom. The molecule has 52 valence electrons. The summed E-state index contributed by atoms with van der Waals surface area (Å²) in [5.74, 6) is 0. The van der Waals surface area contributed by atoms with E-state index in [2.05, 4.69) is 0 Å². The molecule has 0 saturated heterocycles. The molecular formula is H4NNaO6S. The summed E-state index contributed by atoms with van der Waals surface area (Å²) >= 11 is 0. The zero-order valence-corrected chi connectivity index (χ0v) is 4.25. The summed E-state index contributed by atoms with van der Waals surface area (Å²) in [6, 6.07) is 0. The quantitative estimate of drug-likeness (QED) is 0.154. The van der Waals surface area contributed by atoms with Gasteiger partial charge in [0, 0.05) is 5.34 Å². The van der Waals surface area contributed by atoms with Crippen molar-refractivity contribution in [1.29, 1.82) is 0 Å². The van der Waals surface area contributed by atoms with Gasteiger partial charge in [0.2, 0.25) is 0 Å². The van der Waals surface area contributed by atoms with E-state index in [-0.39, 0.29) is 34.9 Å². The third kappa shape index (κ3) is 4460. The Morgan fingerprint density at radius 1 is 1.33 bits per heavy atom. The molecule has 0 aromatic carbocycles. The predicted molar refractivity (Wildman–Crippen MR) is 29.0 cm³/mol. The average molecular weight is 169 g/mol. The summed E-state index contributed by atoms with van der Waals surface area (Å²) in [6.45, 7) is 0. The third-order valence-corrected chi connectivity index (χ3v) is 0. The Kier molecular flexibility index (Phi) is 14.8. The van der Waals surface area contributed by atoms with E-state index in [9.17, 15) is 0 Å². The molecule has 0 aliphatic carbocycles. The molecular weight excluding hydrogens is 165 g/mol. The van der Waals surface area contributed by atoms with Gasteiger partial charge in [-0.3, -0.25) is 19.2 Å². The minimum atomic E-state index is -4.67. The number of hydrogen-bond donors (Lipinski definition) is 3. The van der Waals surface area contributed by atoms with Crippen molar-refractivity contribution in [1.82, 2.24) is 0 Å². The summed E-state index contributed by atoms with van der Waals surface area (Å²) in [4.78, 5) is 8.12. The molecule has 0 aliphatic rings. The van der Waals surface area contributed by atoms with E-state index in [0.717, 1.165) is 0 Å². The van der Waals surface area contributed by atoms with Crippen molar-refractivity contribution in [3.63, 3.8) is 0 Å². The van der Waals surface area contributed by atoms with E-state index in [4.69, 9.17) is 27.6 Å². The molecule has 0 aromatic heterocycles. The standard InChI is InChI=1S/HNO2.Na.H2O4S.H/c2-1-3;;1-5(2,3)4;/h1H;;(H2,1,2,3,4);. The zero-order valence-electron chi connectivity index (χ0n) is 3.44. The molecule has 0 rings (SSSR count). The van der Waals surface area contributed by atoms with Crippen LogP contribution in [0.15, 0.2) is 0 Å². The second kappa shape index (κ2) is 8.27. The van der Waals surface area contributed by atoms with E-state index >= 15 is 0 Å². The van der Waals surface area contributed by atoms with Crippen LogP contribution in [0.1, 0.15) is 0 Å². The second-order valence-corrected chi connectivity index (χ2v) is 1.43. The van der Waals surface area contributed by atoms with Crippen molar-refractivity contribution in [2.24, 2.45) is 0 Å². The topological polar surface area (TPSA) is 129 Å². The van der Waals surface area contributed by atoms with Gasteiger partial charge in [0.15, 0.2) is 0 Å². The number of hydrogen-bond acceptors (Lipinski definition) is 4. The van der Waals surface area contributed by atoms with Crippen LogP contribution in [0.3, 0.4) is 0 Å². The molecule has 0 amide bonds. The van der Waals surface area contributed by atoms with Crippen LogP contribution in [-0.4, -0.2) is 47.1 Å². The molecule has 0 aromatic rings. The molecule has 3 N–H and O–H groups in total. The normalized spacial score (nSPS) is 7.78. The molecule has 0 atom stereocenters. The van der Waals surface area contributed by atoms with Gasteiger partial charge in [0.25, 0.3) is 0 Å². The summed E-state index contributed by atoms with van der Waals surface area (Å²) < 4.78 is 31.6. The van der Waals surface area contributed by atoms with Crippen molar-refractivity contribution in [3.8, 4) is 0 Å². The first-order valence-corrected chi connectivity index (χ1v) is 2.50. The van der Waals surface area contributed by atoms with Gasteiger partial charge in [-0.15, -0.1) is 0 Å². The first kappa shape index (κ1) is 16.1. The molecule has 0 heterocycles. The Balaban J connectivity index is -0.0000000800. The van der Waals surface area contributed by atoms with Crippen LogP contribution >= 0.6 is 0 Å². The molecule has 0 radical (unpaired) electrons. The van der Waals surface area contributed by atoms with E-state index in [1.165, 1.54) is 0 Å². The average Bonchev–Trinajstić information content (AvgIpc) is 1.27. The van der Waals surface area contributed by atoms with Gasteiger partial charge in [-0.2, -0.15) is 8.42 Å². The first-order chi connectivity index (χ1) is 3.41. The molecule has 0 fully saturated rings. The van der Waals surface area contributed by atoms with Gasteiger partial charge in [-0.05, 0) is 0 Å². The maximum absolute atomic E-state index is 8.74. The van der Waals surface area contributed by atoms with E-state index in [1.54, 1.807) is 0 Å². The zero-order chi connectivity index (χ0) is 7.21. The molecule has 7 nitrogen and oxygen atoms in total. The van der Waals surface area contributed by atoms with Crippen LogP contribution in [-0.2, 0) is 10.4 Å². The molecule has 0 unspecified atom stereocenters. The van der Waals surface area contributed by atoms with Gasteiger partial charge in [-0.25, -0.2) is 0 Å². The van der Waals surface area contributed by atoms with Crippen LogP contribution in [0.5, 0.6) is 0 Å². The SMILES string of the molecule is O=S(=O)(O)O.O=[NH+][O-].[NaH]. The fourth-order valence-electron chi connectivity index (χ4n) is 0. The molecule has 9 heavy (non-hydrogen) atoms. The van der Waals surface area contributed by atoms with Crippen molar-refractivity contribution in [2.45, 2.75) is 0 Å². The van der Waals surface area contributed by atoms with Crippen LogP contribution < -0.4 is 5.34 Å².